The molecule has 2 aromatic rings. The summed E-state index contributed by atoms with van der Waals surface area (Å²) in [6, 6.07) is 15.5. The molecule has 2 saturated heterocycles. The molecule has 2 aliphatic heterocycles. The molecule has 4 rings (SSSR count). The Labute approximate surface area is 166 Å². The van der Waals surface area contributed by atoms with Crippen molar-refractivity contribution in [3.8, 4) is 0 Å². The molecular formula is C22H25ClN2O2. The van der Waals surface area contributed by atoms with Gasteiger partial charge in [0.25, 0.3) is 5.91 Å². The van der Waals surface area contributed by atoms with Crippen LogP contribution in [0.5, 0.6) is 0 Å². The average molecular weight is 385 g/mol. The zero-order valence-corrected chi connectivity index (χ0v) is 16.5. The van der Waals surface area contributed by atoms with Crippen molar-refractivity contribution in [1.82, 2.24) is 10.2 Å². The van der Waals surface area contributed by atoms with E-state index >= 15 is 0 Å². The van der Waals surface area contributed by atoms with E-state index in [2.05, 4.69) is 30.4 Å². The first kappa shape index (κ1) is 19.6. The van der Waals surface area contributed by atoms with E-state index < -0.39 is 0 Å². The summed E-state index contributed by atoms with van der Waals surface area (Å²) in [5, 5.41) is 3.48. The summed E-state index contributed by atoms with van der Waals surface area (Å²) in [6.07, 6.45) is 0. The maximum Gasteiger partial charge on any atom is 0.254 e. The predicted molar refractivity (Wildman–Crippen MR) is 109 cm³/mol. The van der Waals surface area contributed by atoms with Crippen molar-refractivity contribution in [2.24, 2.45) is 11.8 Å². The fraction of sp³-hybridized carbons (Fsp3) is 0.364. The molecule has 0 bridgehead atoms. The number of nitrogens with zero attached hydrogens (tertiary/aromatic N) is 1. The van der Waals surface area contributed by atoms with Gasteiger partial charge >= 0.3 is 0 Å². The molecular weight excluding hydrogens is 360 g/mol. The van der Waals surface area contributed by atoms with Gasteiger partial charge in [0.2, 0.25) is 0 Å². The Hall–Kier alpha value is -2.17. The average Bonchev–Trinajstić information content (AvgIpc) is 3.23. The fourth-order valence-corrected chi connectivity index (χ4v) is 4.48. The minimum Gasteiger partial charge on any atom is -0.331 e. The van der Waals surface area contributed by atoms with Gasteiger partial charge in [-0.3, -0.25) is 9.59 Å². The van der Waals surface area contributed by atoms with Gasteiger partial charge in [-0.05, 0) is 43.0 Å². The van der Waals surface area contributed by atoms with E-state index in [1.54, 1.807) is 18.2 Å². The molecule has 0 aromatic heterocycles. The monoisotopic (exact) mass is 384 g/mol. The second kappa shape index (κ2) is 7.83. The molecule has 2 aliphatic rings. The van der Waals surface area contributed by atoms with Crippen molar-refractivity contribution in [2.45, 2.75) is 19.9 Å². The van der Waals surface area contributed by atoms with Crippen molar-refractivity contribution < 1.29 is 9.59 Å². The van der Waals surface area contributed by atoms with Crippen LogP contribution in [0.1, 0.15) is 44.8 Å². The molecule has 2 aromatic carbocycles. The standard InChI is InChI=1S/C22H24N2O2.ClH/c1-14-6-3-4-9-19(14)21-20-12-23-11-18(20)13-24(21)22(26)17-8-5-7-16(10-17)15(2)25;/h3-10,18,20-21,23H,11-13H2,1-2H3;1H/t18-,20-,21+;/m0./s1. The number of amides is 1. The Morgan fingerprint density at radius 3 is 2.52 bits per heavy atom. The molecule has 2 fully saturated rings. The van der Waals surface area contributed by atoms with E-state index in [-0.39, 0.29) is 30.1 Å². The molecule has 1 amide bonds. The van der Waals surface area contributed by atoms with Gasteiger partial charge in [-0.25, -0.2) is 0 Å². The number of rotatable bonds is 3. The molecule has 4 nitrogen and oxygen atoms in total. The molecule has 3 atom stereocenters. The highest BCUT2D eigenvalue weighted by atomic mass is 35.5. The van der Waals surface area contributed by atoms with Gasteiger partial charge < -0.3 is 10.2 Å². The Bertz CT molecular complexity index is 867. The summed E-state index contributed by atoms with van der Waals surface area (Å²) in [6.45, 7) is 6.32. The van der Waals surface area contributed by atoms with Crippen LogP contribution in [-0.4, -0.2) is 36.2 Å². The smallest absolute Gasteiger partial charge is 0.254 e. The number of fused-ring (bicyclic) bond motifs is 1. The quantitative estimate of drug-likeness (QED) is 0.822. The van der Waals surface area contributed by atoms with Crippen LogP contribution in [0.4, 0.5) is 0 Å². The van der Waals surface area contributed by atoms with Crippen LogP contribution >= 0.6 is 12.4 Å². The number of Topliss-reactive ketones (excluding diaryl/α,β-unsaturated/α-hetero) is 1. The highest BCUT2D eigenvalue weighted by Crippen LogP contribution is 2.44. The second-order valence-corrected chi connectivity index (χ2v) is 7.48. The molecule has 1 N–H and O–H groups in total. The molecule has 0 radical (unpaired) electrons. The molecule has 0 unspecified atom stereocenters. The van der Waals surface area contributed by atoms with Crippen LogP contribution < -0.4 is 5.32 Å². The molecule has 2 heterocycles. The van der Waals surface area contributed by atoms with Crippen LogP contribution in [0.3, 0.4) is 0 Å². The zero-order valence-electron chi connectivity index (χ0n) is 15.6. The van der Waals surface area contributed by atoms with Gasteiger partial charge in [0.15, 0.2) is 5.78 Å². The number of benzene rings is 2. The van der Waals surface area contributed by atoms with E-state index in [1.165, 1.54) is 18.1 Å². The molecule has 5 heteroatoms. The number of ketones is 1. The summed E-state index contributed by atoms with van der Waals surface area (Å²) in [4.78, 5) is 27.1. The number of hydrogen-bond donors (Lipinski definition) is 1. The number of carbonyl (C=O) groups is 2. The van der Waals surface area contributed by atoms with Crippen LogP contribution in [0.25, 0.3) is 0 Å². The minimum absolute atomic E-state index is 0. The van der Waals surface area contributed by atoms with Crippen LogP contribution in [0.2, 0.25) is 0 Å². The highest BCUT2D eigenvalue weighted by Gasteiger charge is 2.47. The van der Waals surface area contributed by atoms with Gasteiger partial charge in [-0.1, -0.05) is 36.4 Å². The summed E-state index contributed by atoms with van der Waals surface area (Å²) >= 11 is 0. The maximum atomic E-state index is 13.3. The summed E-state index contributed by atoms with van der Waals surface area (Å²) in [5.74, 6) is 0.934. The van der Waals surface area contributed by atoms with E-state index in [1.807, 2.05) is 17.0 Å². The first-order chi connectivity index (χ1) is 12.6. The van der Waals surface area contributed by atoms with Gasteiger partial charge in [-0.15, -0.1) is 12.4 Å². The Morgan fingerprint density at radius 1 is 1.04 bits per heavy atom. The van der Waals surface area contributed by atoms with Crippen LogP contribution in [0, 0.1) is 18.8 Å². The van der Waals surface area contributed by atoms with E-state index in [0.29, 0.717) is 23.0 Å². The van der Waals surface area contributed by atoms with Gasteiger partial charge in [0.1, 0.15) is 0 Å². The maximum absolute atomic E-state index is 13.3. The Balaban J connectivity index is 0.00000210. The van der Waals surface area contributed by atoms with Crippen LogP contribution in [-0.2, 0) is 0 Å². The lowest BCUT2D eigenvalue weighted by atomic mass is 9.87. The third-order valence-electron chi connectivity index (χ3n) is 5.85. The summed E-state index contributed by atoms with van der Waals surface area (Å²) < 4.78 is 0. The Morgan fingerprint density at radius 2 is 1.78 bits per heavy atom. The number of likely N-dealkylation sites (tertiary alicyclic amines) is 1. The predicted octanol–water partition coefficient (Wildman–Crippen LogP) is 3.65. The Kier molecular flexibility index (Phi) is 5.68. The topological polar surface area (TPSA) is 49.4 Å². The molecule has 0 aliphatic carbocycles. The molecule has 142 valence electrons. The molecule has 27 heavy (non-hydrogen) atoms. The third kappa shape index (κ3) is 3.52. The largest absolute Gasteiger partial charge is 0.331 e. The minimum atomic E-state index is -0.0161. The first-order valence-corrected chi connectivity index (χ1v) is 9.24. The summed E-state index contributed by atoms with van der Waals surface area (Å²) in [5.41, 5.74) is 3.65. The van der Waals surface area contributed by atoms with Crippen molar-refractivity contribution in [3.63, 3.8) is 0 Å². The van der Waals surface area contributed by atoms with Gasteiger partial charge in [-0.2, -0.15) is 0 Å². The van der Waals surface area contributed by atoms with E-state index in [4.69, 9.17) is 0 Å². The SMILES string of the molecule is CC(=O)c1cccc(C(=O)N2C[C@@H]3CNC[C@@H]3[C@H]2c2ccccc2C)c1.Cl. The molecule has 0 spiro atoms. The van der Waals surface area contributed by atoms with E-state index in [0.717, 1.165) is 19.6 Å². The van der Waals surface area contributed by atoms with Crippen molar-refractivity contribution in [3.05, 3.63) is 70.8 Å². The van der Waals surface area contributed by atoms with Gasteiger partial charge in [0.05, 0.1) is 6.04 Å². The third-order valence-corrected chi connectivity index (χ3v) is 5.85. The normalized spacial score (nSPS) is 23.6. The lowest BCUT2D eigenvalue weighted by Crippen LogP contribution is -2.35. The number of hydrogen-bond acceptors (Lipinski definition) is 3. The second-order valence-electron chi connectivity index (χ2n) is 7.48. The van der Waals surface area contributed by atoms with Gasteiger partial charge in [0, 0.05) is 36.7 Å². The number of nitrogens with one attached hydrogen (secondary N) is 1. The molecule has 0 saturated carbocycles. The number of halogens is 1. The summed E-state index contributed by atoms with van der Waals surface area (Å²) in [7, 11) is 0. The van der Waals surface area contributed by atoms with Crippen molar-refractivity contribution in [1.29, 1.82) is 0 Å². The lowest BCUT2D eigenvalue weighted by Gasteiger charge is -2.29. The van der Waals surface area contributed by atoms with E-state index in [9.17, 15) is 9.59 Å². The zero-order chi connectivity index (χ0) is 18.3. The first-order valence-electron chi connectivity index (χ1n) is 9.24. The fourth-order valence-electron chi connectivity index (χ4n) is 4.48. The lowest BCUT2D eigenvalue weighted by molar-refractivity contribution is 0.0713. The number of aryl methyl sites for hydroxylation is 1. The highest BCUT2D eigenvalue weighted by molar-refractivity contribution is 5.99. The van der Waals surface area contributed by atoms with Crippen molar-refractivity contribution >= 4 is 24.1 Å². The van der Waals surface area contributed by atoms with Crippen LogP contribution in [0.15, 0.2) is 48.5 Å². The number of carbonyl (C=O) groups excluding carboxylic acids is 2. The van der Waals surface area contributed by atoms with Crippen molar-refractivity contribution in [2.75, 3.05) is 19.6 Å².